The van der Waals surface area contributed by atoms with Crippen LogP contribution in [0.25, 0.3) is 5.82 Å². The molecule has 0 unspecified atom stereocenters. The van der Waals surface area contributed by atoms with Gasteiger partial charge in [-0.05, 0) is 36.2 Å². The number of piperazine rings is 1. The Morgan fingerprint density at radius 2 is 1.68 bits per heavy atom. The summed E-state index contributed by atoms with van der Waals surface area (Å²) in [7, 11) is -3.37. The molecular weight excluding hydrogens is 416 g/mol. The number of hydrogen-bond donors (Lipinski definition) is 0. The number of anilines is 1. The van der Waals surface area contributed by atoms with Crippen molar-refractivity contribution in [3.05, 3.63) is 60.7 Å². The fourth-order valence-corrected chi connectivity index (χ4v) is 4.70. The molecule has 9 nitrogen and oxygen atoms in total. The molecule has 3 heterocycles. The van der Waals surface area contributed by atoms with Gasteiger partial charge in [0, 0.05) is 38.6 Å². The molecular formula is C21H26N6O3S. The number of hydrogen-bond acceptors (Lipinski definition) is 7. The lowest BCUT2D eigenvalue weighted by molar-refractivity contribution is 0.331. The number of nitrogens with zero attached hydrogens (tertiary/aromatic N) is 6. The summed E-state index contributed by atoms with van der Waals surface area (Å²) in [4.78, 5) is 6.05. The molecule has 10 heteroatoms. The fraction of sp³-hybridized carbons (Fsp3) is 0.381. The molecule has 1 fully saturated rings. The second-order valence-corrected chi connectivity index (χ2v) is 9.36. The first-order valence-corrected chi connectivity index (χ1v) is 11.9. The summed E-state index contributed by atoms with van der Waals surface area (Å²) in [5.74, 6) is 2.07. The molecule has 1 aliphatic heterocycles. The molecule has 0 aliphatic carbocycles. The average Bonchev–Trinajstić information content (AvgIpc) is 3.35. The van der Waals surface area contributed by atoms with Gasteiger partial charge >= 0.3 is 0 Å². The van der Waals surface area contributed by atoms with Gasteiger partial charge in [0.2, 0.25) is 10.0 Å². The topological polar surface area (TPSA) is 93.5 Å². The van der Waals surface area contributed by atoms with E-state index in [0.717, 1.165) is 12.2 Å². The number of ether oxygens (including phenoxy) is 1. The van der Waals surface area contributed by atoms with Crippen LogP contribution >= 0.6 is 0 Å². The molecule has 1 saturated heterocycles. The van der Waals surface area contributed by atoms with E-state index < -0.39 is 10.0 Å². The first-order valence-electron chi connectivity index (χ1n) is 10.3. The molecule has 3 aromatic rings. The second-order valence-electron chi connectivity index (χ2n) is 7.27. The highest BCUT2D eigenvalue weighted by Crippen LogP contribution is 2.17. The van der Waals surface area contributed by atoms with E-state index in [1.165, 1.54) is 9.87 Å². The number of aryl methyl sites for hydroxylation is 1. The van der Waals surface area contributed by atoms with E-state index in [4.69, 9.17) is 4.74 Å². The van der Waals surface area contributed by atoms with Crippen molar-refractivity contribution in [3.63, 3.8) is 0 Å². The average molecular weight is 443 g/mol. The number of rotatable bonds is 8. The highest BCUT2D eigenvalue weighted by atomic mass is 32.2. The van der Waals surface area contributed by atoms with Crippen molar-refractivity contribution in [2.75, 3.05) is 43.4 Å². The zero-order chi connectivity index (χ0) is 21.7. The Labute approximate surface area is 182 Å². The maximum Gasteiger partial charge on any atom is 0.217 e. The molecule has 0 radical (unpaired) electrons. The van der Waals surface area contributed by atoms with E-state index in [2.05, 4.69) is 22.1 Å². The summed E-state index contributed by atoms with van der Waals surface area (Å²) in [6, 6.07) is 11.5. The summed E-state index contributed by atoms with van der Waals surface area (Å²) in [5, 5.41) is 8.51. The third kappa shape index (κ3) is 5.20. The molecule has 0 atom stereocenters. The first-order chi connectivity index (χ1) is 15.0. The summed E-state index contributed by atoms with van der Waals surface area (Å²) in [5.41, 5.74) is 1.22. The Kier molecular flexibility index (Phi) is 6.47. The van der Waals surface area contributed by atoms with Crippen molar-refractivity contribution in [2.45, 2.75) is 13.3 Å². The molecule has 164 valence electrons. The summed E-state index contributed by atoms with van der Waals surface area (Å²) >= 11 is 0. The molecule has 2 aromatic heterocycles. The minimum atomic E-state index is -3.37. The standard InChI is InChI=1S/C21H26N6O3S/c1-2-18-3-5-19(6-4-18)30-15-16-31(28,29)27-13-11-25(12-14-27)20-7-8-21(24-23-20)26-10-9-22-17-26/h3-10,17H,2,11-16H2,1H3. The van der Waals surface area contributed by atoms with Gasteiger partial charge in [-0.25, -0.2) is 13.4 Å². The van der Waals surface area contributed by atoms with Crippen LogP contribution in [0.2, 0.25) is 0 Å². The van der Waals surface area contributed by atoms with Gasteiger partial charge in [-0.15, -0.1) is 10.2 Å². The van der Waals surface area contributed by atoms with Gasteiger partial charge in [-0.1, -0.05) is 19.1 Å². The Bertz CT molecular complexity index is 1060. The van der Waals surface area contributed by atoms with Crippen molar-refractivity contribution in [3.8, 4) is 11.6 Å². The van der Waals surface area contributed by atoms with Crippen molar-refractivity contribution < 1.29 is 13.2 Å². The van der Waals surface area contributed by atoms with E-state index in [9.17, 15) is 8.42 Å². The van der Waals surface area contributed by atoms with Crippen LogP contribution < -0.4 is 9.64 Å². The van der Waals surface area contributed by atoms with Crippen molar-refractivity contribution in [1.82, 2.24) is 24.1 Å². The van der Waals surface area contributed by atoms with Crippen LogP contribution in [-0.4, -0.2) is 71.0 Å². The summed E-state index contributed by atoms with van der Waals surface area (Å²) in [6.07, 6.45) is 6.11. The molecule has 1 aromatic carbocycles. The van der Waals surface area contributed by atoms with Gasteiger partial charge in [0.1, 0.15) is 18.7 Å². The van der Waals surface area contributed by atoms with Gasteiger partial charge < -0.3 is 9.64 Å². The normalized spacial score (nSPS) is 15.2. The van der Waals surface area contributed by atoms with Gasteiger partial charge in [-0.3, -0.25) is 4.57 Å². The zero-order valence-corrected chi connectivity index (χ0v) is 18.3. The quantitative estimate of drug-likeness (QED) is 0.525. The van der Waals surface area contributed by atoms with E-state index in [1.54, 1.807) is 23.3 Å². The number of aromatic nitrogens is 4. The molecule has 0 saturated carbocycles. The maximum absolute atomic E-state index is 12.7. The minimum Gasteiger partial charge on any atom is -0.492 e. The van der Waals surface area contributed by atoms with Crippen molar-refractivity contribution in [2.24, 2.45) is 0 Å². The monoisotopic (exact) mass is 442 g/mol. The van der Waals surface area contributed by atoms with E-state index >= 15 is 0 Å². The number of sulfonamides is 1. The van der Waals surface area contributed by atoms with Crippen molar-refractivity contribution >= 4 is 15.8 Å². The molecule has 1 aliphatic rings. The Hall–Kier alpha value is -2.98. The van der Waals surface area contributed by atoms with Crippen LogP contribution in [0.1, 0.15) is 12.5 Å². The molecule has 0 bridgehead atoms. The molecule has 0 amide bonds. The van der Waals surface area contributed by atoms with Gasteiger partial charge in [-0.2, -0.15) is 4.31 Å². The number of benzene rings is 1. The van der Waals surface area contributed by atoms with Crippen LogP contribution in [-0.2, 0) is 16.4 Å². The lowest BCUT2D eigenvalue weighted by atomic mass is 10.2. The lowest BCUT2D eigenvalue weighted by Crippen LogP contribution is -2.50. The van der Waals surface area contributed by atoms with E-state index in [-0.39, 0.29) is 12.4 Å². The smallest absolute Gasteiger partial charge is 0.217 e. The summed E-state index contributed by atoms with van der Waals surface area (Å²) in [6.45, 7) is 4.19. The van der Waals surface area contributed by atoms with Crippen LogP contribution in [0.4, 0.5) is 5.82 Å². The largest absolute Gasteiger partial charge is 0.492 e. The molecule has 0 N–H and O–H groups in total. The minimum absolute atomic E-state index is 0.0397. The first kappa shape index (κ1) is 21.3. The summed E-state index contributed by atoms with van der Waals surface area (Å²) < 4.78 is 34.3. The second kappa shape index (κ2) is 9.44. The fourth-order valence-electron chi connectivity index (χ4n) is 3.43. The highest BCUT2D eigenvalue weighted by Gasteiger charge is 2.27. The SMILES string of the molecule is CCc1ccc(OCCS(=O)(=O)N2CCN(c3ccc(-n4ccnc4)nn3)CC2)cc1. The Morgan fingerprint density at radius 3 is 2.29 bits per heavy atom. The van der Waals surface area contributed by atoms with Crippen LogP contribution in [0, 0.1) is 0 Å². The molecule has 0 spiro atoms. The Morgan fingerprint density at radius 1 is 0.968 bits per heavy atom. The predicted molar refractivity (Wildman–Crippen MR) is 118 cm³/mol. The van der Waals surface area contributed by atoms with Crippen LogP contribution in [0.15, 0.2) is 55.1 Å². The van der Waals surface area contributed by atoms with E-state index in [1.807, 2.05) is 41.3 Å². The predicted octanol–water partition coefficient (Wildman–Crippen LogP) is 1.76. The van der Waals surface area contributed by atoms with E-state index in [0.29, 0.717) is 37.7 Å². The Balaban J connectivity index is 1.27. The van der Waals surface area contributed by atoms with Crippen LogP contribution in [0.3, 0.4) is 0 Å². The zero-order valence-electron chi connectivity index (χ0n) is 17.5. The van der Waals surface area contributed by atoms with Gasteiger partial charge in [0.15, 0.2) is 11.6 Å². The maximum atomic E-state index is 12.7. The van der Waals surface area contributed by atoms with Gasteiger partial charge in [0.05, 0.1) is 5.75 Å². The molecule has 4 rings (SSSR count). The third-order valence-corrected chi connectivity index (χ3v) is 7.14. The number of imidazole rings is 1. The highest BCUT2D eigenvalue weighted by molar-refractivity contribution is 7.89. The van der Waals surface area contributed by atoms with Crippen molar-refractivity contribution in [1.29, 1.82) is 0 Å². The van der Waals surface area contributed by atoms with Crippen LogP contribution in [0.5, 0.6) is 5.75 Å². The molecule has 31 heavy (non-hydrogen) atoms. The lowest BCUT2D eigenvalue weighted by Gasteiger charge is -2.34. The van der Waals surface area contributed by atoms with Gasteiger partial charge in [0.25, 0.3) is 0 Å². The third-order valence-electron chi connectivity index (χ3n) is 5.30.